The number of nitrogens with two attached hydrogens (primary N) is 1. The molecule has 1 saturated heterocycles. The van der Waals surface area contributed by atoms with Gasteiger partial charge in [0.25, 0.3) is 0 Å². The number of hydrogen-bond acceptors (Lipinski definition) is 3. The van der Waals surface area contributed by atoms with Gasteiger partial charge in [0.1, 0.15) is 0 Å². The maximum Gasteiger partial charge on any atom is 0.416 e. The molecule has 1 fully saturated rings. The normalized spacial score (nSPS) is 20.1. The van der Waals surface area contributed by atoms with Crippen molar-refractivity contribution in [1.29, 1.82) is 0 Å². The van der Waals surface area contributed by atoms with E-state index in [1.54, 1.807) is 11.9 Å². The molecule has 0 radical (unpaired) electrons. The van der Waals surface area contributed by atoms with E-state index in [0.29, 0.717) is 17.9 Å². The topological polar surface area (TPSA) is 46.3 Å². The lowest BCUT2D eigenvalue weighted by atomic mass is 10.2. The first-order valence-electron chi connectivity index (χ1n) is 5.67. The number of carbonyl (C=O) groups excluding carboxylic acids is 1. The number of amides is 1. The third-order valence-corrected chi connectivity index (χ3v) is 4.33. The van der Waals surface area contributed by atoms with Crippen LogP contribution in [0.2, 0.25) is 0 Å². The van der Waals surface area contributed by atoms with E-state index in [1.807, 2.05) is 0 Å². The van der Waals surface area contributed by atoms with Gasteiger partial charge in [-0.05, 0) is 24.6 Å². The summed E-state index contributed by atoms with van der Waals surface area (Å²) in [5, 5.41) is -0.260. The molecule has 1 aromatic carbocycles. The van der Waals surface area contributed by atoms with E-state index >= 15 is 0 Å². The molecule has 1 unspecified atom stereocenters. The predicted octanol–water partition coefficient (Wildman–Crippen LogP) is 2.61. The van der Waals surface area contributed by atoms with Crippen LogP contribution in [0, 0.1) is 0 Å². The van der Waals surface area contributed by atoms with Crippen molar-refractivity contribution in [2.75, 3.05) is 19.3 Å². The summed E-state index contributed by atoms with van der Waals surface area (Å²) in [6.45, 7) is 0.664. The number of thioether (sulfide) groups is 1. The van der Waals surface area contributed by atoms with Crippen LogP contribution in [-0.2, 0) is 11.0 Å². The molecular formula is C12H13F3N2OS. The molecule has 0 aromatic heterocycles. The Labute approximate surface area is 112 Å². The standard InChI is InChI=1S/C12H13F3N2OS/c1-17-5-4-10(11(17)18)19-9-3-2-7(6-8(9)16)12(13,14)15/h2-3,6,10H,4-5,16H2,1H3. The van der Waals surface area contributed by atoms with E-state index in [9.17, 15) is 18.0 Å². The zero-order valence-corrected chi connectivity index (χ0v) is 11.0. The van der Waals surface area contributed by atoms with Crippen LogP contribution in [0.15, 0.2) is 23.1 Å². The van der Waals surface area contributed by atoms with Crippen molar-refractivity contribution >= 4 is 23.4 Å². The van der Waals surface area contributed by atoms with E-state index < -0.39 is 11.7 Å². The SMILES string of the molecule is CN1CCC(Sc2ccc(C(F)(F)F)cc2N)C1=O. The Bertz CT molecular complexity index is 504. The molecule has 1 atom stereocenters. The first kappa shape index (κ1) is 14.0. The number of alkyl halides is 3. The molecule has 104 valence electrons. The predicted molar refractivity (Wildman–Crippen MR) is 67.8 cm³/mol. The summed E-state index contributed by atoms with van der Waals surface area (Å²) in [6.07, 6.45) is -3.72. The van der Waals surface area contributed by atoms with Crippen LogP contribution in [0.3, 0.4) is 0 Å². The molecule has 0 aliphatic carbocycles. The van der Waals surface area contributed by atoms with Crippen LogP contribution in [0.5, 0.6) is 0 Å². The van der Waals surface area contributed by atoms with Crippen LogP contribution in [0.4, 0.5) is 18.9 Å². The quantitative estimate of drug-likeness (QED) is 0.852. The van der Waals surface area contributed by atoms with Gasteiger partial charge in [0.05, 0.1) is 10.8 Å². The molecule has 0 saturated carbocycles. The Morgan fingerprint density at radius 1 is 1.42 bits per heavy atom. The highest BCUT2D eigenvalue weighted by Crippen LogP contribution is 2.37. The Morgan fingerprint density at radius 2 is 2.11 bits per heavy atom. The number of nitrogens with zero attached hydrogens (tertiary/aromatic N) is 1. The van der Waals surface area contributed by atoms with Crippen molar-refractivity contribution in [3.8, 4) is 0 Å². The summed E-state index contributed by atoms with van der Waals surface area (Å²) >= 11 is 1.23. The average Bonchev–Trinajstić information content (AvgIpc) is 2.62. The Morgan fingerprint density at radius 3 is 2.58 bits per heavy atom. The maximum atomic E-state index is 12.5. The van der Waals surface area contributed by atoms with E-state index in [0.717, 1.165) is 12.1 Å². The number of halogens is 3. The third kappa shape index (κ3) is 2.97. The molecule has 2 rings (SSSR count). The van der Waals surface area contributed by atoms with E-state index in [2.05, 4.69) is 0 Å². The number of carbonyl (C=O) groups is 1. The van der Waals surface area contributed by atoms with Crippen molar-refractivity contribution in [3.05, 3.63) is 23.8 Å². The molecule has 1 aliphatic heterocycles. The molecule has 3 nitrogen and oxygen atoms in total. The first-order valence-corrected chi connectivity index (χ1v) is 6.55. The molecular weight excluding hydrogens is 277 g/mol. The fourth-order valence-corrected chi connectivity index (χ4v) is 3.04. The lowest BCUT2D eigenvalue weighted by molar-refractivity contribution is -0.137. The van der Waals surface area contributed by atoms with Gasteiger partial charge in [-0.15, -0.1) is 11.8 Å². The summed E-state index contributed by atoms with van der Waals surface area (Å²) < 4.78 is 37.5. The largest absolute Gasteiger partial charge is 0.416 e. The second-order valence-corrected chi connectivity index (χ2v) is 5.65. The third-order valence-electron chi connectivity index (χ3n) is 2.98. The highest BCUT2D eigenvalue weighted by molar-refractivity contribution is 8.00. The summed E-state index contributed by atoms with van der Waals surface area (Å²) in [5.74, 6) is -0.00991. The average molecular weight is 290 g/mol. The molecule has 0 spiro atoms. The minimum Gasteiger partial charge on any atom is -0.398 e. The molecule has 0 bridgehead atoms. The summed E-state index contributed by atoms with van der Waals surface area (Å²) in [5.41, 5.74) is 4.91. The summed E-state index contributed by atoms with van der Waals surface area (Å²) in [4.78, 5) is 13.9. The van der Waals surface area contributed by atoms with Crippen LogP contribution in [-0.4, -0.2) is 29.6 Å². The molecule has 19 heavy (non-hydrogen) atoms. The van der Waals surface area contributed by atoms with E-state index in [4.69, 9.17) is 5.73 Å². The van der Waals surface area contributed by atoms with Gasteiger partial charge in [0, 0.05) is 24.2 Å². The zero-order valence-electron chi connectivity index (χ0n) is 10.2. The zero-order chi connectivity index (χ0) is 14.2. The van der Waals surface area contributed by atoms with Gasteiger partial charge in [-0.25, -0.2) is 0 Å². The fraction of sp³-hybridized carbons (Fsp3) is 0.417. The molecule has 1 heterocycles. The summed E-state index contributed by atoms with van der Waals surface area (Å²) in [6, 6.07) is 3.22. The van der Waals surface area contributed by atoms with Crippen LogP contribution < -0.4 is 5.73 Å². The molecule has 7 heteroatoms. The second-order valence-electron chi connectivity index (χ2n) is 4.41. The minimum absolute atomic E-state index is 0.00991. The second kappa shape index (κ2) is 4.96. The number of rotatable bonds is 2. The van der Waals surface area contributed by atoms with Crippen LogP contribution >= 0.6 is 11.8 Å². The van der Waals surface area contributed by atoms with Crippen molar-refractivity contribution in [1.82, 2.24) is 4.90 Å². The molecule has 2 N–H and O–H groups in total. The van der Waals surface area contributed by atoms with Crippen molar-refractivity contribution in [2.45, 2.75) is 22.7 Å². The van der Waals surface area contributed by atoms with Crippen molar-refractivity contribution in [2.24, 2.45) is 0 Å². The minimum atomic E-state index is -4.40. The van der Waals surface area contributed by atoms with Crippen molar-refractivity contribution in [3.63, 3.8) is 0 Å². The number of anilines is 1. The maximum absolute atomic E-state index is 12.5. The Kier molecular flexibility index (Phi) is 3.66. The number of likely N-dealkylation sites (tertiary alicyclic amines) is 1. The Hall–Kier alpha value is -1.37. The van der Waals surface area contributed by atoms with Crippen LogP contribution in [0.25, 0.3) is 0 Å². The van der Waals surface area contributed by atoms with Gasteiger partial charge >= 0.3 is 6.18 Å². The van der Waals surface area contributed by atoms with Crippen LogP contribution in [0.1, 0.15) is 12.0 Å². The highest BCUT2D eigenvalue weighted by atomic mass is 32.2. The van der Waals surface area contributed by atoms with Crippen molar-refractivity contribution < 1.29 is 18.0 Å². The van der Waals surface area contributed by atoms with Gasteiger partial charge in [-0.2, -0.15) is 13.2 Å². The first-order chi connectivity index (χ1) is 8.79. The van der Waals surface area contributed by atoms with E-state index in [-0.39, 0.29) is 16.8 Å². The fourth-order valence-electron chi connectivity index (χ4n) is 1.89. The summed E-state index contributed by atoms with van der Waals surface area (Å²) in [7, 11) is 1.71. The van der Waals surface area contributed by atoms with Gasteiger partial charge in [-0.3, -0.25) is 4.79 Å². The molecule has 1 amide bonds. The monoisotopic (exact) mass is 290 g/mol. The van der Waals surface area contributed by atoms with Gasteiger partial charge in [0.2, 0.25) is 5.91 Å². The lowest BCUT2D eigenvalue weighted by Gasteiger charge is -2.13. The number of nitrogen functional groups attached to an aromatic ring is 1. The smallest absolute Gasteiger partial charge is 0.398 e. The van der Waals surface area contributed by atoms with Gasteiger partial charge < -0.3 is 10.6 Å². The van der Waals surface area contributed by atoms with E-state index in [1.165, 1.54) is 17.8 Å². The number of hydrogen-bond donors (Lipinski definition) is 1. The van der Waals surface area contributed by atoms with Gasteiger partial charge in [0.15, 0.2) is 0 Å². The molecule has 1 aliphatic rings. The van der Waals surface area contributed by atoms with Gasteiger partial charge in [-0.1, -0.05) is 0 Å². The Balaban J connectivity index is 2.16. The molecule has 1 aromatic rings. The highest BCUT2D eigenvalue weighted by Gasteiger charge is 2.33. The number of benzene rings is 1. The lowest BCUT2D eigenvalue weighted by Crippen LogP contribution is -2.23.